The number of cyclic esters (lactones) is 1. The van der Waals surface area contributed by atoms with Gasteiger partial charge in [-0.15, -0.1) is 0 Å². The van der Waals surface area contributed by atoms with Crippen molar-refractivity contribution in [1.29, 1.82) is 0 Å². The number of oxime groups is 1. The molecule has 2 aromatic rings. The molecule has 5 heterocycles. The molecule has 0 unspecified atom stereocenters. The average molecular weight is 835 g/mol. The number of fused-ring (bicyclic) bond motifs is 5. The molecular weight excluding hydrogens is 769 g/mol. The predicted octanol–water partition coefficient (Wildman–Crippen LogP) is 6.00. The van der Waals surface area contributed by atoms with Gasteiger partial charge in [0, 0.05) is 30.1 Å². The highest BCUT2D eigenvalue weighted by Crippen LogP contribution is 2.45. The van der Waals surface area contributed by atoms with Crippen molar-refractivity contribution in [2.75, 3.05) is 40.4 Å². The van der Waals surface area contributed by atoms with E-state index in [4.69, 9.17) is 38.3 Å². The normalized spacial score (nSPS) is 39.9. The zero-order chi connectivity index (χ0) is 43.1. The number of nitrogens with zero attached hydrogens (tertiary/aromatic N) is 4. The summed E-state index contributed by atoms with van der Waals surface area (Å²) in [5.41, 5.74) is 0.175. The van der Waals surface area contributed by atoms with Crippen LogP contribution in [0, 0.1) is 23.7 Å². The molecule has 5 aliphatic heterocycles. The first-order chi connectivity index (χ1) is 28.5. The van der Waals surface area contributed by atoms with E-state index in [1.165, 1.54) is 0 Å². The van der Waals surface area contributed by atoms with E-state index in [-0.39, 0.29) is 43.8 Å². The summed E-state index contributed by atoms with van der Waals surface area (Å²) in [7, 11) is 3.88. The van der Waals surface area contributed by atoms with Gasteiger partial charge in [0.15, 0.2) is 11.9 Å². The fourth-order valence-electron chi connectivity index (χ4n) is 10.7. The second kappa shape index (κ2) is 18.0. The molecule has 5 aliphatic rings. The number of esters is 1. The Morgan fingerprint density at radius 3 is 2.50 bits per heavy atom. The van der Waals surface area contributed by atoms with Crippen molar-refractivity contribution in [3.8, 4) is 0 Å². The van der Waals surface area contributed by atoms with Gasteiger partial charge in [0.25, 0.3) is 0 Å². The first-order valence-corrected chi connectivity index (χ1v) is 21.8. The van der Waals surface area contributed by atoms with E-state index in [0.717, 1.165) is 22.0 Å². The Morgan fingerprint density at radius 2 is 1.77 bits per heavy atom. The van der Waals surface area contributed by atoms with Crippen LogP contribution in [0.4, 0.5) is 4.79 Å². The number of rotatable bonds is 7. The van der Waals surface area contributed by atoms with E-state index < -0.39 is 71.8 Å². The third-order valence-electron chi connectivity index (χ3n) is 13.8. The molecule has 4 saturated heterocycles. The molecule has 4 fully saturated rings. The van der Waals surface area contributed by atoms with Crippen molar-refractivity contribution in [2.24, 2.45) is 33.8 Å². The Morgan fingerprint density at radius 1 is 1.02 bits per heavy atom. The van der Waals surface area contributed by atoms with Gasteiger partial charge in [-0.3, -0.25) is 14.7 Å². The zero-order valence-corrected chi connectivity index (χ0v) is 37.0. The average Bonchev–Trinajstić information content (AvgIpc) is 3.36. The topological polar surface area (TPSA) is 150 Å². The maximum atomic E-state index is 14.6. The van der Waals surface area contributed by atoms with Crippen LogP contribution in [0.3, 0.4) is 0 Å². The maximum Gasteiger partial charge on any atom is 0.410 e. The van der Waals surface area contributed by atoms with Gasteiger partial charge in [-0.05, 0) is 89.4 Å². The van der Waals surface area contributed by atoms with Crippen molar-refractivity contribution < 1.29 is 48.0 Å². The molecule has 7 rings (SSSR count). The van der Waals surface area contributed by atoms with E-state index in [9.17, 15) is 14.7 Å². The number of aliphatic hydroxyl groups is 1. The maximum absolute atomic E-state index is 14.6. The lowest BCUT2D eigenvalue weighted by Gasteiger charge is -2.48. The molecule has 14 heteroatoms. The van der Waals surface area contributed by atoms with Crippen LogP contribution in [-0.4, -0.2) is 139 Å². The summed E-state index contributed by atoms with van der Waals surface area (Å²) in [6, 6.07) is 13.7. The van der Waals surface area contributed by atoms with E-state index in [0.29, 0.717) is 38.1 Å². The number of hydrogen-bond donors (Lipinski definition) is 1. The summed E-state index contributed by atoms with van der Waals surface area (Å²) in [5.74, 6) is -2.22. The van der Waals surface area contributed by atoms with Crippen LogP contribution in [-0.2, 0) is 44.7 Å². The molecule has 2 aromatic carbocycles. The Labute approximate surface area is 354 Å². The molecule has 4 bridgehead atoms. The fraction of sp³-hybridized carbons (Fsp3) is 0.696. The minimum absolute atomic E-state index is 0.0122. The largest absolute Gasteiger partial charge is 0.458 e. The van der Waals surface area contributed by atoms with Crippen molar-refractivity contribution >= 4 is 34.3 Å². The Hall–Kier alpha value is -3.66. The van der Waals surface area contributed by atoms with Crippen LogP contribution in [0.15, 0.2) is 52.6 Å². The SMILES string of the molecule is CC[C@@H]1OC(=O)[C@H](C)[C@H]2OCC(=NOCc3ccc4ccccc4c3)CO[C@](C)(C[C@@H](C)C3=NCCN4C(=O)O[C@@]1(C)[C@H]4[C@H]3C)[C@@H](O[C@H]1O[C@@H](C)C[C@@H](N(C)C)[C@@H]1O)[C@@H]2C. The molecule has 14 atom stereocenters. The predicted molar refractivity (Wildman–Crippen MR) is 227 cm³/mol. The highest BCUT2D eigenvalue weighted by Gasteiger charge is 2.60. The lowest BCUT2D eigenvalue weighted by molar-refractivity contribution is -0.302. The van der Waals surface area contributed by atoms with Gasteiger partial charge >= 0.3 is 12.1 Å². The lowest BCUT2D eigenvalue weighted by atomic mass is 9.72. The first-order valence-electron chi connectivity index (χ1n) is 21.8. The minimum atomic E-state index is -1.13. The van der Waals surface area contributed by atoms with Crippen LogP contribution in [0.25, 0.3) is 10.8 Å². The molecule has 1 amide bonds. The molecule has 0 saturated carbocycles. The summed E-state index contributed by atoms with van der Waals surface area (Å²) in [4.78, 5) is 43.0. The number of aliphatic imine (C=N–C) groups is 1. The van der Waals surface area contributed by atoms with Crippen LogP contribution in [0.5, 0.6) is 0 Å². The molecular formula is C46H66N4O10. The van der Waals surface area contributed by atoms with Crippen LogP contribution in [0.2, 0.25) is 0 Å². The Kier molecular flexibility index (Phi) is 13.3. The van der Waals surface area contributed by atoms with Crippen molar-refractivity contribution in [3.63, 3.8) is 0 Å². The Bertz CT molecular complexity index is 1930. The summed E-state index contributed by atoms with van der Waals surface area (Å²) in [6.07, 6.45) is -3.38. The molecule has 0 radical (unpaired) electrons. The summed E-state index contributed by atoms with van der Waals surface area (Å²) in [6.45, 7) is 16.9. The third-order valence-corrected chi connectivity index (χ3v) is 13.8. The molecule has 0 spiro atoms. The number of aliphatic hydroxyl groups excluding tert-OH is 1. The number of likely N-dealkylation sites (N-methyl/N-ethyl adjacent to an activating group) is 1. The fourth-order valence-corrected chi connectivity index (χ4v) is 10.7. The quantitative estimate of drug-likeness (QED) is 0.259. The highest BCUT2D eigenvalue weighted by atomic mass is 16.7. The molecule has 60 heavy (non-hydrogen) atoms. The van der Waals surface area contributed by atoms with E-state index in [2.05, 4.69) is 43.3 Å². The van der Waals surface area contributed by atoms with Gasteiger partial charge in [0.1, 0.15) is 24.5 Å². The molecule has 330 valence electrons. The van der Waals surface area contributed by atoms with Crippen molar-refractivity contribution in [2.45, 2.75) is 141 Å². The summed E-state index contributed by atoms with van der Waals surface area (Å²) >= 11 is 0. The zero-order valence-electron chi connectivity index (χ0n) is 37.0. The number of benzene rings is 2. The van der Waals surface area contributed by atoms with Gasteiger partial charge in [-0.2, -0.15) is 0 Å². The first kappa shape index (κ1) is 44.4. The number of ether oxygens (including phenoxy) is 6. The van der Waals surface area contributed by atoms with Crippen LogP contribution < -0.4 is 0 Å². The van der Waals surface area contributed by atoms with Crippen LogP contribution in [0.1, 0.15) is 80.2 Å². The van der Waals surface area contributed by atoms with Gasteiger partial charge in [-0.1, -0.05) is 69.2 Å². The summed E-state index contributed by atoms with van der Waals surface area (Å²) in [5, 5.41) is 18.6. The molecule has 0 aliphatic carbocycles. The Balaban J connectivity index is 1.30. The van der Waals surface area contributed by atoms with Crippen LogP contribution >= 0.6 is 0 Å². The number of hydrogen-bond acceptors (Lipinski definition) is 13. The number of carbonyl (C=O) groups excluding carboxylic acids is 2. The molecule has 1 N–H and O–H groups in total. The van der Waals surface area contributed by atoms with E-state index >= 15 is 0 Å². The van der Waals surface area contributed by atoms with Gasteiger partial charge < -0.3 is 43.3 Å². The van der Waals surface area contributed by atoms with Gasteiger partial charge in [0.05, 0.1) is 55.6 Å². The number of carbonyl (C=O) groups is 2. The van der Waals surface area contributed by atoms with E-state index in [1.807, 2.05) is 71.8 Å². The molecule has 0 aromatic heterocycles. The smallest absolute Gasteiger partial charge is 0.410 e. The third kappa shape index (κ3) is 8.70. The molecule has 14 nitrogen and oxygen atoms in total. The second-order valence-electron chi connectivity index (χ2n) is 18.5. The minimum Gasteiger partial charge on any atom is -0.458 e. The number of amides is 1. The van der Waals surface area contributed by atoms with Gasteiger partial charge in [0.2, 0.25) is 0 Å². The lowest BCUT2D eigenvalue weighted by Crippen LogP contribution is -2.60. The second-order valence-corrected chi connectivity index (χ2v) is 18.5. The van der Waals surface area contributed by atoms with Crippen molar-refractivity contribution in [1.82, 2.24) is 9.80 Å². The highest BCUT2D eigenvalue weighted by molar-refractivity contribution is 5.91. The standard InChI is InChI=1S/C46H66N4O10/c1-11-36-46(8)40-28(4)37(47-18-19-50(40)44(53)60-46)26(2)22-45(7)41(59-43-38(51)35(49(9)10)20-27(3)57-43)29(5)39(30(6)42(52)58-36)54-24-34(25-55-45)48-56-23-31-16-17-32-14-12-13-15-33(32)21-31/h12-17,21,26-30,35-36,38-41,43,51H,11,18-20,22-25H2,1-10H3/t26-,27+,28+,29-,30-,35-,36+,38+,39+,40-,41+,43-,45-,46-/m1/s1. The van der Waals surface area contributed by atoms with E-state index in [1.54, 1.807) is 11.8 Å². The monoisotopic (exact) mass is 834 g/mol. The van der Waals surface area contributed by atoms with Gasteiger partial charge in [-0.25, -0.2) is 4.79 Å². The van der Waals surface area contributed by atoms with Crippen molar-refractivity contribution in [3.05, 3.63) is 48.0 Å². The summed E-state index contributed by atoms with van der Waals surface area (Å²) < 4.78 is 39.9.